The molecule has 1 aromatic carbocycles. The second-order valence-electron chi connectivity index (χ2n) is 6.25. The summed E-state index contributed by atoms with van der Waals surface area (Å²) in [6.45, 7) is 4.95. The lowest BCUT2D eigenvalue weighted by atomic mass is 10.1. The average Bonchev–Trinajstić information content (AvgIpc) is 3.16. The molecule has 3 rings (SSSR count). The van der Waals surface area contributed by atoms with Gasteiger partial charge < -0.3 is 19.7 Å². The maximum atomic E-state index is 5.35. The molecule has 0 atom stereocenters. The van der Waals surface area contributed by atoms with Crippen molar-refractivity contribution >= 4 is 11.8 Å². The molecule has 6 nitrogen and oxygen atoms in total. The van der Waals surface area contributed by atoms with Crippen molar-refractivity contribution in [2.75, 3.05) is 44.1 Å². The number of nitrogens with zero attached hydrogens (tertiary/aromatic N) is 3. The number of aromatic nitrogens is 2. The lowest BCUT2D eigenvalue weighted by Gasteiger charge is -2.17. The predicted octanol–water partition coefficient (Wildman–Crippen LogP) is 3.06. The standard InChI is InChI=1S/C19H26N4O2/c1-14-12-18(23-10-4-5-11-23)22-19(21-14)20-9-8-15-6-7-16(24-2)17(13-15)25-3/h6-7,12-13H,4-5,8-11H2,1-3H3,(H,20,21,22). The molecule has 0 spiro atoms. The lowest BCUT2D eigenvalue weighted by Crippen LogP contribution is -2.20. The van der Waals surface area contributed by atoms with E-state index >= 15 is 0 Å². The van der Waals surface area contributed by atoms with Crippen LogP contribution in [0.4, 0.5) is 11.8 Å². The third kappa shape index (κ3) is 4.32. The normalized spacial score (nSPS) is 13.8. The fourth-order valence-electron chi connectivity index (χ4n) is 3.09. The molecule has 1 aliphatic rings. The van der Waals surface area contributed by atoms with Crippen molar-refractivity contribution in [2.24, 2.45) is 0 Å². The zero-order valence-electron chi connectivity index (χ0n) is 15.2. The number of rotatable bonds is 7. The van der Waals surface area contributed by atoms with Crippen LogP contribution in [0.15, 0.2) is 24.3 Å². The summed E-state index contributed by atoms with van der Waals surface area (Å²) in [7, 11) is 3.30. The first kappa shape index (κ1) is 17.3. The Morgan fingerprint density at radius 3 is 2.52 bits per heavy atom. The van der Waals surface area contributed by atoms with E-state index in [2.05, 4.69) is 32.3 Å². The number of methoxy groups -OCH3 is 2. The molecule has 0 bridgehead atoms. The zero-order chi connectivity index (χ0) is 17.6. The molecule has 0 aliphatic carbocycles. The summed E-state index contributed by atoms with van der Waals surface area (Å²) in [5, 5.41) is 3.34. The van der Waals surface area contributed by atoms with Crippen molar-refractivity contribution in [2.45, 2.75) is 26.2 Å². The van der Waals surface area contributed by atoms with E-state index in [4.69, 9.17) is 9.47 Å². The van der Waals surface area contributed by atoms with Crippen molar-refractivity contribution in [1.29, 1.82) is 0 Å². The van der Waals surface area contributed by atoms with Gasteiger partial charge >= 0.3 is 0 Å². The molecule has 1 N–H and O–H groups in total. The number of hydrogen-bond acceptors (Lipinski definition) is 6. The Hall–Kier alpha value is -2.50. The third-order valence-corrected chi connectivity index (χ3v) is 4.42. The first-order valence-electron chi connectivity index (χ1n) is 8.75. The summed E-state index contributed by atoms with van der Waals surface area (Å²) in [5.41, 5.74) is 2.17. The third-order valence-electron chi connectivity index (χ3n) is 4.42. The van der Waals surface area contributed by atoms with Crippen LogP contribution in [0.3, 0.4) is 0 Å². The highest BCUT2D eigenvalue weighted by atomic mass is 16.5. The van der Waals surface area contributed by atoms with Crippen LogP contribution in [0, 0.1) is 6.92 Å². The Morgan fingerprint density at radius 1 is 1.04 bits per heavy atom. The van der Waals surface area contributed by atoms with E-state index in [9.17, 15) is 0 Å². The van der Waals surface area contributed by atoms with Crippen LogP contribution < -0.4 is 19.7 Å². The highest BCUT2D eigenvalue weighted by Gasteiger charge is 2.15. The molecule has 134 valence electrons. The monoisotopic (exact) mass is 342 g/mol. The first-order valence-corrected chi connectivity index (χ1v) is 8.75. The first-order chi connectivity index (χ1) is 12.2. The average molecular weight is 342 g/mol. The topological polar surface area (TPSA) is 59.5 Å². The molecule has 0 amide bonds. The highest BCUT2D eigenvalue weighted by Crippen LogP contribution is 2.27. The van der Waals surface area contributed by atoms with Gasteiger partial charge in [-0.3, -0.25) is 0 Å². The molecule has 1 fully saturated rings. The van der Waals surface area contributed by atoms with Crippen molar-refractivity contribution in [3.8, 4) is 11.5 Å². The lowest BCUT2D eigenvalue weighted by molar-refractivity contribution is 0.354. The van der Waals surface area contributed by atoms with Gasteiger partial charge in [0.1, 0.15) is 5.82 Å². The van der Waals surface area contributed by atoms with Crippen LogP contribution in [0.2, 0.25) is 0 Å². The van der Waals surface area contributed by atoms with Crippen LogP contribution in [-0.2, 0) is 6.42 Å². The Labute approximate surface area is 149 Å². The number of benzene rings is 1. The van der Waals surface area contributed by atoms with E-state index in [0.717, 1.165) is 49.1 Å². The Balaban J connectivity index is 1.62. The molecule has 0 saturated carbocycles. The van der Waals surface area contributed by atoms with E-state index in [1.165, 1.54) is 18.4 Å². The van der Waals surface area contributed by atoms with Gasteiger partial charge in [0.15, 0.2) is 11.5 Å². The van der Waals surface area contributed by atoms with E-state index in [0.29, 0.717) is 5.95 Å². The molecular weight excluding hydrogens is 316 g/mol. The molecule has 1 aliphatic heterocycles. The maximum absolute atomic E-state index is 5.35. The quantitative estimate of drug-likeness (QED) is 0.834. The smallest absolute Gasteiger partial charge is 0.224 e. The fraction of sp³-hybridized carbons (Fsp3) is 0.474. The minimum absolute atomic E-state index is 0.697. The number of nitrogens with one attached hydrogen (secondary N) is 1. The van der Waals surface area contributed by atoms with Crippen LogP contribution in [0.5, 0.6) is 11.5 Å². The van der Waals surface area contributed by atoms with Gasteiger partial charge in [-0.25, -0.2) is 4.98 Å². The summed E-state index contributed by atoms with van der Waals surface area (Å²) in [4.78, 5) is 11.5. The molecule has 1 saturated heterocycles. The highest BCUT2D eigenvalue weighted by molar-refractivity contribution is 5.46. The molecule has 0 unspecified atom stereocenters. The number of ether oxygens (including phenoxy) is 2. The number of hydrogen-bond donors (Lipinski definition) is 1. The van der Waals surface area contributed by atoms with Crippen LogP contribution in [0.1, 0.15) is 24.1 Å². The zero-order valence-corrected chi connectivity index (χ0v) is 15.2. The van der Waals surface area contributed by atoms with E-state index < -0.39 is 0 Å². The van der Waals surface area contributed by atoms with Gasteiger partial charge in [0.05, 0.1) is 14.2 Å². The van der Waals surface area contributed by atoms with Gasteiger partial charge in [-0.2, -0.15) is 4.98 Å². The predicted molar refractivity (Wildman–Crippen MR) is 100.0 cm³/mol. The van der Waals surface area contributed by atoms with E-state index in [-0.39, 0.29) is 0 Å². The Morgan fingerprint density at radius 2 is 1.80 bits per heavy atom. The molecule has 0 radical (unpaired) electrons. The Bertz CT molecular complexity index is 715. The largest absolute Gasteiger partial charge is 0.493 e. The van der Waals surface area contributed by atoms with Crippen LogP contribution in [-0.4, -0.2) is 43.8 Å². The summed E-state index contributed by atoms with van der Waals surface area (Å²) < 4.78 is 10.6. The van der Waals surface area contributed by atoms with Crippen molar-refractivity contribution in [1.82, 2.24) is 9.97 Å². The summed E-state index contributed by atoms with van der Waals surface area (Å²) >= 11 is 0. The van der Waals surface area contributed by atoms with Crippen LogP contribution in [0.25, 0.3) is 0 Å². The SMILES string of the molecule is COc1ccc(CCNc2nc(C)cc(N3CCCC3)n2)cc1OC. The molecule has 25 heavy (non-hydrogen) atoms. The van der Waals surface area contributed by atoms with Crippen LogP contribution >= 0.6 is 0 Å². The molecular formula is C19H26N4O2. The molecule has 6 heteroatoms. The molecule has 1 aromatic heterocycles. The van der Waals surface area contributed by atoms with E-state index in [1.807, 2.05) is 19.1 Å². The second kappa shape index (κ2) is 8.05. The summed E-state index contributed by atoms with van der Waals surface area (Å²) in [5.74, 6) is 3.22. The van der Waals surface area contributed by atoms with Gasteiger partial charge in [0.25, 0.3) is 0 Å². The fourth-order valence-corrected chi connectivity index (χ4v) is 3.09. The maximum Gasteiger partial charge on any atom is 0.224 e. The number of anilines is 2. The van der Waals surface area contributed by atoms with Gasteiger partial charge in [0, 0.05) is 31.4 Å². The number of aryl methyl sites for hydroxylation is 1. The minimum Gasteiger partial charge on any atom is -0.493 e. The molecule has 2 aromatic rings. The summed E-state index contributed by atoms with van der Waals surface area (Å²) in [6.07, 6.45) is 3.34. The second-order valence-corrected chi connectivity index (χ2v) is 6.25. The van der Waals surface area contributed by atoms with Gasteiger partial charge in [-0.15, -0.1) is 0 Å². The molecule has 2 heterocycles. The van der Waals surface area contributed by atoms with Gasteiger partial charge in [-0.05, 0) is 43.9 Å². The van der Waals surface area contributed by atoms with Gasteiger partial charge in [-0.1, -0.05) is 6.07 Å². The van der Waals surface area contributed by atoms with Crippen molar-refractivity contribution < 1.29 is 9.47 Å². The summed E-state index contributed by atoms with van der Waals surface area (Å²) in [6, 6.07) is 8.05. The minimum atomic E-state index is 0.697. The van der Waals surface area contributed by atoms with Gasteiger partial charge in [0.2, 0.25) is 5.95 Å². The Kier molecular flexibility index (Phi) is 5.58. The van der Waals surface area contributed by atoms with Crippen molar-refractivity contribution in [3.63, 3.8) is 0 Å². The van der Waals surface area contributed by atoms with E-state index in [1.54, 1.807) is 14.2 Å². The van der Waals surface area contributed by atoms with Crippen molar-refractivity contribution in [3.05, 3.63) is 35.5 Å².